The van der Waals surface area contributed by atoms with Crippen LogP contribution in [0.3, 0.4) is 0 Å². The summed E-state index contributed by atoms with van der Waals surface area (Å²) in [6.45, 7) is 0. The summed E-state index contributed by atoms with van der Waals surface area (Å²) in [4.78, 5) is 10.6. The third-order valence-corrected chi connectivity index (χ3v) is 2.30. The van der Waals surface area contributed by atoms with Crippen molar-refractivity contribution in [3.63, 3.8) is 0 Å². The molecule has 0 amide bonds. The summed E-state index contributed by atoms with van der Waals surface area (Å²) in [6, 6.07) is 10.8. The van der Waals surface area contributed by atoms with E-state index in [1.165, 1.54) is 12.1 Å². The molecule has 2 rings (SSSR count). The van der Waals surface area contributed by atoms with E-state index in [9.17, 15) is 14.3 Å². The predicted octanol–water partition coefficient (Wildman–Crippen LogP) is 3.01. The molecule has 0 saturated heterocycles. The number of phenols is 1. The van der Waals surface area contributed by atoms with Crippen LogP contribution in [0.1, 0.15) is 10.4 Å². The van der Waals surface area contributed by atoms with Gasteiger partial charge < -0.3 is 5.11 Å². The summed E-state index contributed by atoms with van der Waals surface area (Å²) in [7, 11) is 0. The van der Waals surface area contributed by atoms with Crippen LogP contribution in [0.25, 0.3) is 11.1 Å². The van der Waals surface area contributed by atoms with Crippen LogP contribution in [0, 0.1) is 5.82 Å². The third-order valence-electron chi connectivity index (χ3n) is 2.30. The Morgan fingerprint density at radius 3 is 2.50 bits per heavy atom. The number of carbonyl (C=O) groups is 1. The molecule has 16 heavy (non-hydrogen) atoms. The Morgan fingerprint density at radius 2 is 1.81 bits per heavy atom. The number of hydrogen-bond donors (Lipinski definition) is 1. The lowest BCUT2D eigenvalue weighted by Crippen LogP contribution is -1.88. The number of rotatable bonds is 2. The number of carbonyl (C=O) groups excluding carboxylic acids is 1. The van der Waals surface area contributed by atoms with Gasteiger partial charge in [-0.1, -0.05) is 18.2 Å². The van der Waals surface area contributed by atoms with Gasteiger partial charge in [0.15, 0.2) is 6.29 Å². The molecule has 3 heteroatoms. The Labute approximate surface area is 92.0 Å². The van der Waals surface area contributed by atoms with E-state index in [-0.39, 0.29) is 11.3 Å². The first kappa shape index (κ1) is 10.4. The molecule has 0 aliphatic carbocycles. The summed E-state index contributed by atoms with van der Waals surface area (Å²) >= 11 is 0. The second kappa shape index (κ2) is 4.14. The van der Waals surface area contributed by atoms with E-state index < -0.39 is 5.82 Å². The maximum absolute atomic E-state index is 13.1. The SMILES string of the molecule is O=Cc1cc(-c2cccc(O)c2)ccc1F. The highest BCUT2D eigenvalue weighted by Crippen LogP contribution is 2.24. The fourth-order valence-electron chi connectivity index (χ4n) is 1.50. The quantitative estimate of drug-likeness (QED) is 0.783. The Bertz CT molecular complexity index is 535. The standard InChI is InChI=1S/C13H9FO2/c14-13-5-4-10(6-11(13)8-15)9-2-1-3-12(16)7-9/h1-8,16H. The molecule has 0 aliphatic heterocycles. The van der Waals surface area contributed by atoms with Crippen LogP contribution in [0.5, 0.6) is 5.75 Å². The van der Waals surface area contributed by atoms with Gasteiger partial charge in [-0.25, -0.2) is 4.39 Å². The minimum atomic E-state index is -0.543. The molecular weight excluding hydrogens is 207 g/mol. The molecule has 0 bridgehead atoms. The van der Waals surface area contributed by atoms with Crippen molar-refractivity contribution in [2.75, 3.05) is 0 Å². The summed E-state index contributed by atoms with van der Waals surface area (Å²) in [6.07, 6.45) is 0.474. The Morgan fingerprint density at radius 1 is 1.06 bits per heavy atom. The van der Waals surface area contributed by atoms with Gasteiger partial charge in [0.2, 0.25) is 0 Å². The number of benzene rings is 2. The molecule has 2 aromatic carbocycles. The van der Waals surface area contributed by atoms with Crippen molar-refractivity contribution >= 4 is 6.29 Å². The molecule has 0 atom stereocenters. The number of halogens is 1. The summed E-state index contributed by atoms with van der Waals surface area (Å²) in [5.74, 6) is -0.409. The van der Waals surface area contributed by atoms with Gasteiger partial charge in [-0.2, -0.15) is 0 Å². The average Bonchev–Trinajstić information content (AvgIpc) is 2.29. The molecule has 2 nitrogen and oxygen atoms in total. The fourth-order valence-corrected chi connectivity index (χ4v) is 1.50. The molecule has 0 aliphatic rings. The summed E-state index contributed by atoms with van der Waals surface area (Å²) < 4.78 is 13.1. The maximum atomic E-state index is 13.1. The fraction of sp³-hybridized carbons (Fsp3) is 0. The molecule has 0 saturated carbocycles. The van der Waals surface area contributed by atoms with Crippen LogP contribution in [0.2, 0.25) is 0 Å². The number of aldehydes is 1. The zero-order valence-corrected chi connectivity index (χ0v) is 8.35. The number of hydrogen-bond acceptors (Lipinski definition) is 2. The molecule has 0 heterocycles. The molecule has 1 N–H and O–H groups in total. The highest BCUT2D eigenvalue weighted by molar-refractivity contribution is 5.79. The largest absolute Gasteiger partial charge is 0.508 e. The zero-order valence-electron chi connectivity index (χ0n) is 8.35. The van der Waals surface area contributed by atoms with Crippen molar-refractivity contribution in [2.24, 2.45) is 0 Å². The molecule has 0 unspecified atom stereocenters. The van der Waals surface area contributed by atoms with E-state index in [4.69, 9.17) is 0 Å². The van der Waals surface area contributed by atoms with Gasteiger partial charge >= 0.3 is 0 Å². The molecule has 0 radical (unpaired) electrons. The van der Waals surface area contributed by atoms with Crippen molar-refractivity contribution in [1.29, 1.82) is 0 Å². The minimum absolute atomic E-state index is 0.0147. The van der Waals surface area contributed by atoms with Gasteiger partial charge in [0.05, 0.1) is 5.56 Å². The van der Waals surface area contributed by atoms with Crippen LogP contribution in [0.4, 0.5) is 4.39 Å². The van der Waals surface area contributed by atoms with Gasteiger partial charge in [-0.05, 0) is 35.4 Å². The van der Waals surface area contributed by atoms with Gasteiger partial charge in [0.1, 0.15) is 11.6 Å². The smallest absolute Gasteiger partial charge is 0.153 e. The minimum Gasteiger partial charge on any atom is -0.508 e. The van der Waals surface area contributed by atoms with Gasteiger partial charge in [-0.15, -0.1) is 0 Å². The molecule has 80 valence electrons. The van der Waals surface area contributed by atoms with Crippen LogP contribution in [0.15, 0.2) is 42.5 Å². The maximum Gasteiger partial charge on any atom is 0.153 e. The third kappa shape index (κ3) is 1.93. The Kier molecular flexibility index (Phi) is 2.68. The zero-order chi connectivity index (χ0) is 11.5. The first-order chi connectivity index (χ1) is 7.70. The van der Waals surface area contributed by atoms with Crippen molar-refractivity contribution < 1.29 is 14.3 Å². The topological polar surface area (TPSA) is 37.3 Å². The van der Waals surface area contributed by atoms with Gasteiger partial charge in [0, 0.05) is 0 Å². The average molecular weight is 216 g/mol. The highest BCUT2D eigenvalue weighted by atomic mass is 19.1. The normalized spacial score (nSPS) is 10.1. The van der Waals surface area contributed by atoms with Crippen LogP contribution < -0.4 is 0 Å². The first-order valence-corrected chi connectivity index (χ1v) is 4.75. The van der Waals surface area contributed by atoms with Gasteiger partial charge in [0.25, 0.3) is 0 Å². The lowest BCUT2D eigenvalue weighted by molar-refractivity contribution is 0.112. The van der Waals surface area contributed by atoms with E-state index in [1.807, 2.05) is 0 Å². The van der Waals surface area contributed by atoms with E-state index in [1.54, 1.807) is 30.3 Å². The lowest BCUT2D eigenvalue weighted by Gasteiger charge is -2.03. The van der Waals surface area contributed by atoms with E-state index in [0.717, 1.165) is 5.56 Å². The van der Waals surface area contributed by atoms with Crippen molar-refractivity contribution in [3.05, 3.63) is 53.8 Å². The Balaban J connectivity index is 2.52. The van der Waals surface area contributed by atoms with Crippen molar-refractivity contribution in [1.82, 2.24) is 0 Å². The van der Waals surface area contributed by atoms with Crippen molar-refractivity contribution in [3.8, 4) is 16.9 Å². The van der Waals surface area contributed by atoms with Crippen LogP contribution in [-0.4, -0.2) is 11.4 Å². The summed E-state index contributed by atoms with van der Waals surface area (Å²) in [5, 5.41) is 9.31. The van der Waals surface area contributed by atoms with E-state index >= 15 is 0 Å². The monoisotopic (exact) mass is 216 g/mol. The second-order valence-corrected chi connectivity index (χ2v) is 3.40. The number of aromatic hydroxyl groups is 1. The second-order valence-electron chi connectivity index (χ2n) is 3.40. The molecule has 0 spiro atoms. The highest BCUT2D eigenvalue weighted by Gasteiger charge is 2.04. The van der Waals surface area contributed by atoms with Crippen LogP contribution in [-0.2, 0) is 0 Å². The molecule has 0 aromatic heterocycles. The lowest BCUT2D eigenvalue weighted by atomic mass is 10.0. The van der Waals surface area contributed by atoms with Crippen molar-refractivity contribution in [2.45, 2.75) is 0 Å². The Hall–Kier alpha value is -2.16. The first-order valence-electron chi connectivity index (χ1n) is 4.75. The van der Waals surface area contributed by atoms with Gasteiger partial charge in [-0.3, -0.25) is 4.79 Å². The van der Waals surface area contributed by atoms with E-state index in [0.29, 0.717) is 11.8 Å². The molecule has 0 fully saturated rings. The van der Waals surface area contributed by atoms with E-state index in [2.05, 4.69) is 0 Å². The van der Waals surface area contributed by atoms with Crippen LogP contribution >= 0.6 is 0 Å². The number of phenolic OH excluding ortho intramolecular Hbond substituents is 1. The molecule has 2 aromatic rings. The molecular formula is C13H9FO2. The predicted molar refractivity (Wildman–Crippen MR) is 58.9 cm³/mol. The summed E-state index contributed by atoms with van der Waals surface area (Å²) in [5.41, 5.74) is 1.45.